The van der Waals surface area contributed by atoms with Gasteiger partial charge in [-0.05, 0) is 44.7 Å². The largest absolute Gasteiger partial charge is 0.316 e. The van der Waals surface area contributed by atoms with Gasteiger partial charge in [-0.1, -0.05) is 0 Å². The van der Waals surface area contributed by atoms with E-state index >= 15 is 0 Å². The molecule has 0 radical (unpaired) electrons. The van der Waals surface area contributed by atoms with Gasteiger partial charge in [-0.25, -0.2) is 5.43 Å². The Hall–Kier alpha value is -0.610. The second kappa shape index (κ2) is 5.47. The van der Waals surface area contributed by atoms with Crippen LogP contribution in [0.25, 0.3) is 0 Å². The van der Waals surface area contributed by atoms with E-state index in [4.69, 9.17) is 0 Å². The molecule has 1 atom stereocenters. The summed E-state index contributed by atoms with van der Waals surface area (Å²) in [6, 6.07) is 0. The highest BCUT2D eigenvalue weighted by Gasteiger charge is 2.19. The molecule has 0 aliphatic carbocycles. The van der Waals surface area contributed by atoms with Gasteiger partial charge in [0.15, 0.2) is 0 Å². The van der Waals surface area contributed by atoms with Gasteiger partial charge < -0.3 is 5.32 Å². The van der Waals surface area contributed by atoms with E-state index in [-0.39, 0.29) is 5.91 Å². The second-order valence-corrected chi connectivity index (χ2v) is 4.56. The molecule has 2 rings (SSSR count). The van der Waals surface area contributed by atoms with Gasteiger partial charge in [-0.2, -0.15) is 0 Å². The predicted octanol–water partition coefficient (Wildman–Crippen LogP) is 0.503. The fraction of sp³-hybridized carbons (Fsp3) is 0.909. The topological polar surface area (TPSA) is 44.4 Å². The van der Waals surface area contributed by atoms with E-state index < -0.39 is 0 Å². The van der Waals surface area contributed by atoms with Crippen LogP contribution in [0.2, 0.25) is 0 Å². The van der Waals surface area contributed by atoms with Gasteiger partial charge >= 0.3 is 0 Å². The lowest BCUT2D eigenvalue weighted by Gasteiger charge is -2.30. The summed E-state index contributed by atoms with van der Waals surface area (Å²) in [5, 5.41) is 5.23. The molecular formula is C11H21N3O. The maximum Gasteiger partial charge on any atom is 0.236 e. The predicted molar refractivity (Wildman–Crippen MR) is 59.2 cm³/mol. The summed E-state index contributed by atoms with van der Waals surface area (Å²) < 4.78 is 0. The molecule has 4 nitrogen and oxygen atoms in total. The van der Waals surface area contributed by atoms with Crippen molar-refractivity contribution in [3.8, 4) is 0 Å². The van der Waals surface area contributed by atoms with Crippen molar-refractivity contribution in [1.82, 2.24) is 15.8 Å². The molecule has 1 amide bonds. The average molecular weight is 211 g/mol. The van der Waals surface area contributed by atoms with Crippen molar-refractivity contribution >= 4 is 5.91 Å². The van der Waals surface area contributed by atoms with Crippen LogP contribution in [-0.4, -0.2) is 37.1 Å². The Bertz CT molecular complexity index is 214. The average Bonchev–Trinajstić information content (AvgIpc) is 2.29. The van der Waals surface area contributed by atoms with Crippen molar-refractivity contribution in [2.45, 2.75) is 32.1 Å². The molecule has 86 valence electrons. The van der Waals surface area contributed by atoms with E-state index in [0.29, 0.717) is 0 Å². The standard InChI is InChI=1S/C11H21N3O/c15-11-4-2-7-13-14(11)8-5-10-3-1-6-12-9-10/h10,12-13H,1-9H2. The van der Waals surface area contributed by atoms with Crippen LogP contribution in [0.4, 0.5) is 0 Å². The molecule has 2 heterocycles. The fourth-order valence-electron chi connectivity index (χ4n) is 2.36. The molecule has 2 N–H and O–H groups in total. The molecule has 0 aromatic heterocycles. The van der Waals surface area contributed by atoms with Gasteiger partial charge in [0.2, 0.25) is 5.91 Å². The number of carbonyl (C=O) groups excluding carboxylic acids is 1. The Kier molecular flexibility index (Phi) is 3.97. The van der Waals surface area contributed by atoms with Crippen LogP contribution < -0.4 is 10.7 Å². The molecule has 0 aromatic rings. The van der Waals surface area contributed by atoms with Gasteiger partial charge in [0.05, 0.1) is 0 Å². The molecule has 1 unspecified atom stereocenters. The third-order valence-corrected chi connectivity index (χ3v) is 3.33. The number of rotatable bonds is 3. The highest BCUT2D eigenvalue weighted by atomic mass is 16.2. The number of carbonyl (C=O) groups is 1. The van der Waals surface area contributed by atoms with Crippen molar-refractivity contribution in [2.75, 3.05) is 26.2 Å². The van der Waals surface area contributed by atoms with Crippen molar-refractivity contribution in [1.29, 1.82) is 0 Å². The first-order chi connectivity index (χ1) is 7.36. The minimum absolute atomic E-state index is 0.269. The lowest BCUT2D eigenvalue weighted by atomic mass is 9.96. The monoisotopic (exact) mass is 211 g/mol. The van der Waals surface area contributed by atoms with Crippen LogP contribution in [-0.2, 0) is 4.79 Å². The van der Waals surface area contributed by atoms with Crippen LogP contribution in [0.1, 0.15) is 32.1 Å². The number of amides is 1. The van der Waals surface area contributed by atoms with E-state index in [2.05, 4.69) is 10.7 Å². The number of nitrogens with zero attached hydrogens (tertiary/aromatic N) is 1. The maximum atomic E-state index is 11.5. The lowest BCUT2D eigenvalue weighted by Crippen LogP contribution is -2.48. The van der Waals surface area contributed by atoms with Crippen LogP contribution in [0.5, 0.6) is 0 Å². The highest BCUT2D eigenvalue weighted by Crippen LogP contribution is 2.15. The Morgan fingerprint density at radius 2 is 2.27 bits per heavy atom. The molecule has 2 fully saturated rings. The van der Waals surface area contributed by atoms with Gasteiger partial charge in [-0.3, -0.25) is 9.80 Å². The number of piperidine rings is 1. The molecule has 0 spiro atoms. The lowest BCUT2D eigenvalue weighted by molar-refractivity contribution is -0.137. The highest BCUT2D eigenvalue weighted by molar-refractivity contribution is 5.76. The van der Waals surface area contributed by atoms with Crippen LogP contribution >= 0.6 is 0 Å². The number of hydrogen-bond acceptors (Lipinski definition) is 3. The number of hydrogen-bond donors (Lipinski definition) is 2. The Labute approximate surface area is 91.4 Å². The molecule has 2 aliphatic rings. The Morgan fingerprint density at radius 3 is 3.00 bits per heavy atom. The first-order valence-corrected chi connectivity index (χ1v) is 6.11. The normalized spacial score (nSPS) is 28.1. The maximum absolute atomic E-state index is 11.5. The van der Waals surface area contributed by atoms with E-state index in [0.717, 1.165) is 51.4 Å². The summed E-state index contributed by atoms with van der Waals surface area (Å²) in [5.74, 6) is 1.03. The molecule has 4 heteroatoms. The van der Waals surface area contributed by atoms with Crippen molar-refractivity contribution in [3.63, 3.8) is 0 Å². The first kappa shape index (κ1) is 10.9. The molecule has 15 heavy (non-hydrogen) atoms. The Balaban J connectivity index is 1.69. The summed E-state index contributed by atoms with van der Waals surface area (Å²) in [6.45, 7) is 4.12. The smallest absolute Gasteiger partial charge is 0.236 e. The molecule has 0 bridgehead atoms. The zero-order valence-corrected chi connectivity index (χ0v) is 9.30. The summed E-state index contributed by atoms with van der Waals surface area (Å²) in [7, 11) is 0. The first-order valence-electron chi connectivity index (χ1n) is 6.11. The SMILES string of the molecule is O=C1CCCNN1CCC1CCCNC1. The molecule has 2 saturated heterocycles. The Morgan fingerprint density at radius 1 is 1.33 bits per heavy atom. The zero-order chi connectivity index (χ0) is 10.5. The number of nitrogens with one attached hydrogen (secondary N) is 2. The fourth-order valence-corrected chi connectivity index (χ4v) is 2.36. The number of hydrazine groups is 1. The van der Waals surface area contributed by atoms with Crippen LogP contribution in [0, 0.1) is 5.92 Å². The summed E-state index contributed by atoms with van der Waals surface area (Å²) in [4.78, 5) is 11.5. The van der Waals surface area contributed by atoms with Gasteiger partial charge in [-0.15, -0.1) is 0 Å². The van der Waals surface area contributed by atoms with Gasteiger partial charge in [0.1, 0.15) is 0 Å². The summed E-state index contributed by atoms with van der Waals surface area (Å²) >= 11 is 0. The van der Waals surface area contributed by atoms with E-state index in [1.807, 2.05) is 5.01 Å². The van der Waals surface area contributed by atoms with Gasteiger partial charge in [0.25, 0.3) is 0 Å². The van der Waals surface area contributed by atoms with Crippen LogP contribution in [0.15, 0.2) is 0 Å². The second-order valence-electron chi connectivity index (χ2n) is 4.56. The van der Waals surface area contributed by atoms with Crippen molar-refractivity contribution < 1.29 is 4.79 Å². The minimum atomic E-state index is 0.269. The van der Waals surface area contributed by atoms with E-state index in [9.17, 15) is 4.79 Å². The van der Waals surface area contributed by atoms with Crippen LogP contribution in [0.3, 0.4) is 0 Å². The van der Waals surface area contributed by atoms with E-state index in [1.54, 1.807) is 0 Å². The summed E-state index contributed by atoms with van der Waals surface area (Å²) in [5.41, 5.74) is 3.17. The molecule has 2 aliphatic heterocycles. The van der Waals surface area contributed by atoms with Gasteiger partial charge in [0, 0.05) is 19.5 Å². The van der Waals surface area contributed by atoms with E-state index in [1.165, 1.54) is 12.8 Å². The zero-order valence-electron chi connectivity index (χ0n) is 9.30. The van der Waals surface area contributed by atoms with Crippen molar-refractivity contribution in [2.24, 2.45) is 5.92 Å². The van der Waals surface area contributed by atoms with Crippen molar-refractivity contribution in [3.05, 3.63) is 0 Å². The third-order valence-electron chi connectivity index (χ3n) is 3.33. The quantitative estimate of drug-likeness (QED) is 0.714. The molecule has 0 saturated carbocycles. The summed E-state index contributed by atoms with van der Waals surface area (Å²) in [6.07, 6.45) is 5.43. The minimum Gasteiger partial charge on any atom is -0.316 e. The molecular weight excluding hydrogens is 190 g/mol. The molecule has 0 aromatic carbocycles. The third kappa shape index (κ3) is 3.18.